The largest absolute Gasteiger partial charge is 0.0911 e. The van der Waals surface area contributed by atoms with Gasteiger partial charge < -0.3 is 0 Å². The molecule has 0 nitrogen and oxygen atoms in total. The van der Waals surface area contributed by atoms with Crippen molar-refractivity contribution in [3.8, 4) is 11.8 Å². The lowest BCUT2D eigenvalue weighted by atomic mass is 9.50. The van der Waals surface area contributed by atoms with Gasteiger partial charge in [0.2, 0.25) is 0 Å². The molecule has 22 heavy (non-hydrogen) atoms. The van der Waals surface area contributed by atoms with Crippen LogP contribution in [0.1, 0.15) is 70.4 Å². The zero-order valence-corrected chi connectivity index (χ0v) is 14.3. The van der Waals surface area contributed by atoms with E-state index in [2.05, 4.69) is 56.9 Å². The molecule has 0 atom stereocenters. The van der Waals surface area contributed by atoms with Crippen molar-refractivity contribution in [3.05, 3.63) is 35.4 Å². The van der Waals surface area contributed by atoms with Crippen molar-refractivity contribution in [2.45, 2.75) is 64.7 Å². The molecule has 0 radical (unpaired) electrons. The summed E-state index contributed by atoms with van der Waals surface area (Å²) < 4.78 is 0. The predicted molar refractivity (Wildman–Crippen MR) is 92.6 cm³/mol. The minimum atomic E-state index is 0.228. The Morgan fingerprint density at radius 2 is 1.36 bits per heavy atom. The minimum Gasteiger partial charge on any atom is -0.0911 e. The second-order valence-corrected chi connectivity index (χ2v) is 9.28. The summed E-state index contributed by atoms with van der Waals surface area (Å²) in [6, 6.07) is 8.94. The first-order chi connectivity index (χ1) is 10.4. The third kappa shape index (κ3) is 2.60. The number of hydrogen-bond acceptors (Lipinski definition) is 0. The van der Waals surface area contributed by atoms with Crippen LogP contribution in [0.3, 0.4) is 0 Å². The Balaban J connectivity index is 1.56. The van der Waals surface area contributed by atoms with E-state index in [1.165, 1.54) is 49.7 Å². The Kier molecular flexibility index (Phi) is 3.19. The van der Waals surface area contributed by atoms with Crippen LogP contribution in [0.5, 0.6) is 0 Å². The highest BCUT2D eigenvalue weighted by atomic mass is 14.5. The van der Waals surface area contributed by atoms with Gasteiger partial charge in [-0.1, -0.05) is 44.7 Å². The van der Waals surface area contributed by atoms with Crippen molar-refractivity contribution in [3.63, 3.8) is 0 Å². The second kappa shape index (κ2) is 4.89. The van der Waals surface area contributed by atoms with Gasteiger partial charge in [0.1, 0.15) is 0 Å². The fourth-order valence-electron chi connectivity index (χ4n) is 5.52. The molecule has 5 rings (SSSR count). The van der Waals surface area contributed by atoms with E-state index in [0.29, 0.717) is 5.41 Å². The van der Waals surface area contributed by atoms with Crippen molar-refractivity contribution >= 4 is 0 Å². The van der Waals surface area contributed by atoms with Crippen LogP contribution in [0.2, 0.25) is 0 Å². The molecule has 0 N–H and O–H groups in total. The second-order valence-electron chi connectivity index (χ2n) is 9.28. The average Bonchev–Trinajstić information content (AvgIpc) is 2.43. The maximum atomic E-state index is 3.75. The topological polar surface area (TPSA) is 0 Å². The first kappa shape index (κ1) is 14.4. The summed E-state index contributed by atoms with van der Waals surface area (Å²) in [5.74, 6) is 10.3. The monoisotopic (exact) mass is 292 g/mol. The summed E-state index contributed by atoms with van der Waals surface area (Å²) in [7, 11) is 0. The zero-order valence-electron chi connectivity index (χ0n) is 14.3. The predicted octanol–water partition coefficient (Wildman–Crippen LogP) is 5.55. The summed E-state index contributed by atoms with van der Waals surface area (Å²) in [6.07, 6.45) is 8.65. The van der Waals surface area contributed by atoms with Gasteiger partial charge in [-0.2, -0.15) is 0 Å². The van der Waals surface area contributed by atoms with Crippen LogP contribution in [0.4, 0.5) is 0 Å². The highest BCUT2D eigenvalue weighted by molar-refractivity contribution is 5.39. The molecule has 4 saturated carbocycles. The van der Waals surface area contributed by atoms with Crippen LogP contribution in [-0.2, 0) is 5.41 Å². The lowest BCUT2D eigenvalue weighted by Crippen LogP contribution is -2.45. The number of hydrogen-bond donors (Lipinski definition) is 0. The van der Waals surface area contributed by atoms with E-state index in [0.717, 1.165) is 17.8 Å². The van der Waals surface area contributed by atoms with Crippen LogP contribution in [-0.4, -0.2) is 0 Å². The lowest BCUT2D eigenvalue weighted by Gasteiger charge is -2.54. The number of rotatable bonds is 0. The molecule has 0 spiro atoms. The zero-order chi connectivity index (χ0) is 15.4. The highest BCUT2D eigenvalue weighted by Crippen LogP contribution is 2.59. The smallest absolute Gasteiger partial charge is 0.0326 e. The van der Waals surface area contributed by atoms with Gasteiger partial charge in [0.25, 0.3) is 0 Å². The molecule has 4 bridgehead atoms. The molecule has 0 unspecified atom stereocenters. The molecule has 0 aromatic heterocycles. The van der Waals surface area contributed by atoms with E-state index in [-0.39, 0.29) is 5.41 Å². The summed E-state index contributed by atoms with van der Waals surface area (Å²) in [5.41, 5.74) is 3.19. The molecule has 1 aromatic carbocycles. The Morgan fingerprint density at radius 3 is 1.82 bits per heavy atom. The Morgan fingerprint density at radius 1 is 0.864 bits per heavy atom. The van der Waals surface area contributed by atoms with Crippen LogP contribution in [0.15, 0.2) is 24.3 Å². The SMILES string of the molecule is CC(C)(C)c1ccc(C#CC23CC4CC(CC(C4)C2)C3)cc1. The lowest BCUT2D eigenvalue weighted by molar-refractivity contribution is -0.0181. The van der Waals surface area contributed by atoms with E-state index < -0.39 is 0 Å². The normalized spacial score (nSPS) is 36.0. The van der Waals surface area contributed by atoms with E-state index in [1.807, 2.05) is 0 Å². The first-order valence-electron chi connectivity index (χ1n) is 9.06. The standard InChI is InChI=1S/C22H28/c1-21(2,3)20-6-4-16(5-7-20)8-9-22-13-17-10-18(14-22)12-19(11-17)15-22/h4-7,17-19H,10-15H2,1-3H3. The molecule has 4 aliphatic carbocycles. The molecule has 0 heteroatoms. The molecule has 0 aliphatic heterocycles. The Hall–Kier alpha value is -1.22. The van der Waals surface area contributed by atoms with E-state index in [4.69, 9.17) is 0 Å². The minimum absolute atomic E-state index is 0.228. The third-order valence-electron chi connectivity index (χ3n) is 6.26. The van der Waals surface area contributed by atoms with Crippen molar-refractivity contribution < 1.29 is 0 Å². The quantitative estimate of drug-likeness (QED) is 0.550. The van der Waals surface area contributed by atoms with Gasteiger partial charge in [0, 0.05) is 11.0 Å². The van der Waals surface area contributed by atoms with Crippen LogP contribution in [0, 0.1) is 35.0 Å². The van der Waals surface area contributed by atoms with Crippen LogP contribution in [0.25, 0.3) is 0 Å². The van der Waals surface area contributed by atoms with Gasteiger partial charge in [-0.25, -0.2) is 0 Å². The van der Waals surface area contributed by atoms with E-state index >= 15 is 0 Å². The van der Waals surface area contributed by atoms with Crippen LogP contribution >= 0.6 is 0 Å². The van der Waals surface area contributed by atoms with Gasteiger partial charge in [-0.3, -0.25) is 0 Å². The van der Waals surface area contributed by atoms with Gasteiger partial charge >= 0.3 is 0 Å². The van der Waals surface area contributed by atoms with Crippen molar-refractivity contribution in [2.75, 3.05) is 0 Å². The molecular weight excluding hydrogens is 264 g/mol. The molecule has 4 fully saturated rings. The molecule has 4 aliphatic rings. The Bertz CT molecular complexity index is 579. The van der Waals surface area contributed by atoms with E-state index in [1.54, 1.807) is 0 Å². The molecule has 0 heterocycles. The fourth-order valence-corrected chi connectivity index (χ4v) is 5.52. The van der Waals surface area contributed by atoms with Gasteiger partial charge in [0.05, 0.1) is 0 Å². The molecule has 0 amide bonds. The van der Waals surface area contributed by atoms with Crippen molar-refractivity contribution in [2.24, 2.45) is 23.2 Å². The van der Waals surface area contributed by atoms with Gasteiger partial charge in [-0.05, 0) is 79.4 Å². The third-order valence-corrected chi connectivity index (χ3v) is 6.26. The highest BCUT2D eigenvalue weighted by Gasteiger charge is 2.50. The summed E-state index contributed by atoms with van der Waals surface area (Å²) in [6.45, 7) is 6.80. The van der Waals surface area contributed by atoms with Gasteiger partial charge in [-0.15, -0.1) is 0 Å². The summed E-state index contributed by atoms with van der Waals surface area (Å²) in [5, 5.41) is 0. The van der Waals surface area contributed by atoms with Crippen molar-refractivity contribution in [1.29, 1.82) is 0 Å². The Labute approximate surface area is 135 Å². The van der Waals surface area contributed by atoms with Crippen molar-refractivity contribution in [1.82, 2.24) is 0 Å². The molecular formula is C22H28. The maximum Gasteiger partial charge on any atom is 0.0326 e. The maximum absolute atomic E-state index is 3.75. The number of benzene rings is 1. The first-order valence-corrected chi connectivity index (χ1v) is 9.06. The molecule has 1 aromatic rings. The van der Waals surface area contributed by atoms with Crippen LogP contribution < -0.4 is 0 Å². The molecule has 0 saturated heterocycles. The average molecular weight is 292 g/mol. The van der Waals surface area contributed by atoms with Gasteiger partial charge in [0.15, 0.2) is 0 Å². The fraction of sp³-hybridized carbons (Fsp3) is 0.636. The summed E-state index contributed by atoms with van der Waals surface area (Å²) in [4.78, 5) is 0. The summed E-state index contributed by atoms with van der Waals surface area (Å²) >= 11 is 0. The van der Waals surface area contributed by atoms with E-state index in [9.17, 15) is 0 Å². The molecule has 116 valence electrons.